The molecule has 3 rings (SSSR count). The third-order valence-corrected chi connectivity index (χ3v) is 2.96. The molecule has 0 aliphatic rings. The van der Waals surface area contributed by atoms with Crippen LogP contribution < -0.4 is 4.74 Å². The van der Waals surface area contributed by atoms with Gasteiger partial charge in [0, 0.05) is 17.1 Å². The van der Waals surface area contributed by atoms with Crippen LogP contribution in [0.1, 0.15) is 5.56 Å². The first-order chi connectivity index (χ1) is 9.24. The van der Waals surface area contributed by atoms with E-state index in [2.05, 4.69) is 4.98 Å². The molecule has 0 saturated heterocycles. The standard InChI is InChI=1S/C15H11F2NO/c16-11-4-6-12(7-5-11)19-9-10-8-18-15-13(10)2-1-3-14(15)17/h1-8,18H,9H2. The Morgan fingerprint density at radius 2 is 1.79 bits per heavy atom. The molecule has 2 aromatic carbocycles. The molecular formula is C15H11F2NO. The van der Waals surface area contributed by atoms with Crippen molar-refractivity contribution >= 4 is 10.9 Å². The highest BCUT2D eigenvalue weighted by molar-refractivity contribution is 5.83. The Bertz CT molecular complexity index is 704. The molecule has 4 heteroatoms. The van der Waals surface area contributed by atoms with E-state index in [4.69, 9.17) is 4.74 Å². The lowest BCUT2D eigenvalue weighted by molar-refractivity contribution is 0.307. The second-order valence-corrected chi connectivity index (χ2v) is 4.22. The van der Waals surface area contributed by atoms with E-state index in [1.165, 1.54) is 18.2 Å². The highest BCUT2D eigenvalue weighted by Gasteiger charge is 2.07. The van der Waals surface area contributed by atoms with E-state index >= 15 is 0 Å². The average Bonchev–Trinajstić information content (AvgIpc) is 2.83. The summed E-state index contributed by atoms with van der Waals surface area (Å²) in [4.78, 5) is 2.89. The summed E-state index contributed by atoms with van der Waals surface area (Å²) in [6, 6.07) is 10.7. The molecule has 1 aromatic heterocycles. The van der Waals surface area contributed by atoms with Gasteiger partial charge in [0.2, 0.25) is 0 Å². The highest BCUT2D eigenvalue weighted by atomic mass is 19.1. The lowest BCUT2D eigenvalue weighted by Gasteiger charge is -2.05. The second-order valence-electron chi connectivity index (χ2n) is 4.22. The van der Waals surface area contributed by atoms with Gasteiger partial charge < -0.3 is 9.72 Å². The van der Waals surface area contributed by atoms with Gasteiger partial charge >= 0.3 is 0 Å². The molecule has 0 aliphatic heterocycles. The van der Waals surface area contributed by atoms with Gasteiger partial charge in [-0.05, 0) is 30.3 Å². The molecule has 0 radical (unpaired) electrons. The maximum atomic E-state index is 13.5. The molecular weight excluding hydrogens is 248 g/mol. The number of hydrogen-bond donors (Lipinski definition) is 1. The van der Waals surface area contributed by atoms with Crippen LogP contribution >= 0.6 is 0 Å². The van der Waals surface area contributed by atoms with Gasteiger partial charge in [0.25, 0.3) is 0 Å². The molecule has 0 atom stereocenters. The zero-order chi connectivity index (χ0) is 13.2. The summed E-state index contributed by atoms with van der Waals surface area (Å²) in [5, 5.41) is 0.794. The number of rotatable bonds is 3. The largest absolute Gasteiger partial charge is 0.489 e. The molecule has 96 valence electrons. The van der Waals surface area contributed by atoms with E-state index in [0.29, 0.717) is 17.9 Å². The second kappa shape index (κ2) is 4.72. The van der Waals surface area contributed by atoms with Gasteiger partial charge in [0.15, 0.2) is 0 Å². The van der Waals surface area contributed by atoms with E-state index in [-0.39, 0.29) is 11.6 Å². The molecule has 0 unspecified atom stereocenters. The van der Waals surface area contributed by atoms with E-state index in [1.807, 2.05) is 6.07 Å². The maximum Gasteiger partial charge on any atom is 0.147 e. The predicted octanol–water partition coefficient (Wildman–Crippen LogP) is 4.03. The molecule has 0 fully saturated rings. The quantitative estimate of drug-likeness (QED) is 0.754. The van der Waals surface area contributed by atoms with Gasteiger partial charge in [-0.25, -0.2) is 8.78 Å². The van der Waals surface area contributed by atoms with Crippen molar-refractivity contribution in [2.24, 2.45) is 0 Å². The smallest absolute Gasteiger partial charge is 0.147 e. The molecule has 0 spiro atoms. The number of halogens is 2. The summed E-state index contributed by atoms with van der Waals surface area (Å²) in [6.07, 6.45) is 1.72. The highest BCUT2D eigenvalue weighted by Crippen LogP contribution is 2.22. The van der Waals surface area contributed by atoms with Gasteiger partial charge in [-0.1, -0.05) is 12.1 Å². The zero-order valence-electron chi connectivity index (χ0n) is 9.99. The zero-order valence-corrected chi connectivity index (χ0v) is 9.99. The molecule has 19 heavy (non-hydrogen) atoms. The van der Waals surface area contributed by atoms with Crippen LogP contribution in [0.15, 0.2) is 48.7 Å². The molecule has 3 aromatic rings. The number of benzene rings is 2. The molecule has 1 N–H and O–H groups in total. The van der Waals surface area contributed by atoms with Crippen molar-refractivity contribution in [3.05, 3.63) is 65.9 Å². The van der Waals surface area contributed by atoms with Crippen LogP contribution in [0.4, 0.5) is 8.78 Å². The summed E-state index contributed by atoms with van der Waals surface area (Å²) in [5.74, 6) is -0.0146. The number of aromatic nitrogens is 1. The third-order valence-electron chi connectivity index (χ3n) is 2.96. The van der Waals surface area contributed by atoms with E-state index in [0.717, 1.165) is 10.9 Å². The van der Waals surface area contributed by atoms with Crippen LogP contribution in [0.5, 0.6) is 5.75 Å². The predicted molar refractivity (Wildman–Crippen MR) is 69.0 cm³/mol. The third kappa shape index (κ3) is 2.29. The first-order valence-corrected chi connectivity index (χ1v) is 5.87. The molecule has 0 bridgehead atoms. The first-order valence-electron chi connectivity index (χ1n) is 5.87. The minimum absolute atomic E-state index is 0.287. The summed E-state index contributed by atoms with van der Waals surface area (Å²) < 4.78 is 31.8. The van der Waals surface area contributed by atoms with Crippen molar-refractivity contribution in [3.8, 4) is 5.75 Å². The van der Waals surface area contributed by atoms with Crippen LogP contribution in [0, 0.1) is 11.6 Å². The summed E-state index contributed by atoms with van der Waals surface area (Å²) in [7, 11) is 0. The molecule has 2 nitrogen and oxygen atoms in total. The normalized spacial score (nSPS) is 10.8. The minimum atomic E-state index is -0.304. The molecule has 0 aliphatic carbocycles. The van der Waals surface area contributed by atoms with E-state index < -0.39 is 0 Å². The Labute approximate surface area is 108 Å². The number of aromatic amines is 1. The molecule has 0 saturated carbocycles. The number of fused-ring (bicyclic) bond motifs is 1. The van der Waals surface area contributed by atoms with Gasteiger partial charge in [-0.2, -0.15) is 0 Å². The number of hydrogen-bond acceptors (Lipinski definition) is 1. The summed E-state index contributed by atoms with van der Waals surface area (Å²) >= 11 is 0. The van der Waals surface area contributed by atoms with Crippen molar-refractivity contribution < 1.29 is 13.5 Å². The molecule has 1 heterocycles. The lowest BCUT2D eigenvalue weighted by Crippen LogP contribution is -1.94. The van der Waals surface area contributed by atoms with Crippen LogP contribution in [0.3, 0.4) is 0 Å². The first kappa shape index (κ1) is 11.7. The van der Waals surface area contributed by atoms with Crippen molar-refractivity contribution in [2.45, 2.75) is 6.61 Å². The fourth-order valence-corrected chi connectivity index (χ4v) is 1.99. The Morgan fingerprint density at radius 3 is 2.58 bits per heavy atom. The summed E-state index contributed by atoms with van der Waals surface area (Å²) in [6.45, 7) is 0.301. The van der Waals surface area contributed by atoms with Crippen LogP contribution in [0.25, 0.3) is 10.9 Å². The molecule has 0 amide bonds. The fourth-order valence-electron chi connectivity index (χ4n) is 1.99. The van der Waals surface area contributed by atoms with Crippen molar-refractivity contribution in [2.75, 3.05) is 0 Å². The minimum Gasteiger partial charge on any atom is -0.489 e. The fraction of sp³-hybridized carbons (Fsp3) is 0.0667. The summed E-state index contributed by atoms with van der Waals surface area (Å²) in [5.41, 5.74) is 1.33. The Hall–Kier alpha value is -2.36. The van der Waals surface area contributed by atoms with Crippen LogP contribution in [0.2, 0.25) is 0 Å². The Balaban J connectivity index is 1.82. The van der Waals surface area contributed by atoms with Gasteiger partial charge in [0.1, 0.15) is 24.0 Å². The number of ether oxygens (including phenoxy) is 1. The number of nitrogens with one attached hydrogen (secondary N) is 1. The SMILES string of the molecule is Fc1ccc(OCc2c[nH]c3c(F)cccc23)cc1. The van der Waals surface area contributed by atoms with Gasteiger partial charge in [0.05, 0.1) is 5.52 Å². The number of H-pyrrole nitrogens is 1. The lowest BCUT2D eigenvalue weighted by atomic mass is 10.2. The Kier molecular flexibility index (Phi) is 2.91. The van der Waals surface area contributed by atoms with Crippen molar-refractivity contribution in [1.82, 2.24) is 4.98 Å². The topological polar surface area (TPSA) is 25.0 Å². The van der Waals surface area contributed by atoms with Crippen molar-refractivity contribution in [3.63, 3.8) is 0 Å². The van der Waals surface area contributed by atoms with E-state index in [9.17, 15) is 8.78 Å². The average molecular weight is 259 g/mol. The van der Waals surface area contributed by atoms with E-state index in [1.54, 1.807) is 24.4 Å². The Morgan fingerprint density at radius 1 is 1.00 bits per heavy atom. The monoisotopic (exact) mass is 259 g/mol. The number of para-hydroxylation sites is 1. The van der Waals surface area contributed by atoms with Crippen LogP contribution in [-0.4, -0.2) is 4.98 Å². The van der Waals surface area contributed by atoms with Gasteiger partial charge in [-0.3, -0.25) is 0 Å². The van der Waals surface area contributed by atoms with Gasteiger partial charge in [-0.15, -0.1) is 0 Å². The van der Waals surface area contributed by atoms with Crippen LogP contribution in [-0.2, 0) is 6.61 Å². The van der Waals surface area contributed by atoms with Crippen molar-refractivity contribution in [1.29, 1.82) is 0 Å². The maximum absolute atomic E-state index is 13.5.